The fraction of sp³-hybridized carbons (Fsp3) is 0.348. The number of rotatable bonds is 4. The molecule has 0 aliphatic carbocycles. The largest absolute Gasteiger partial charge is 0.458 e. The molecular formula is C23H29N3O2. The van der Waals surface area contributed by atoms with E-state index in [1.807, 2.05) is 44.4 Å². The van der Waals surface area contributed by atoms with Crippen molar-refractivity contribution < 1.29 is 9.21 Å². The zero-order chi connectivity index (χ0) is 19.8. The molecule has 28 heavy (non-hydrogen) atoms. The second-order valence-corrected chi connectivity index (χ2v) is 7.16. The molecule has 2 aromatic carbocycles. The van der Waals surface area contributed by atoms with E-state index in [0.29, 0.717) is 5.76 Å². The van der Waals surface area contributed by atoms with Gasteiger partial charge in [0.2, 0.25) is 0 Å². The summed E-state index contributed by atoms with van der Waals surface area (Å²) >= 11 is 0. The molecule has 0 radical (unpaired) electrons. The number of furan rings is 1. The van der Waals surface area contributed by atoms with Crippen molar-refractivity contribution in [2.24, 2.45) is 0 Å². The number of hydrogen-bond acceptors (Lipinski definition) is 4. The van der Waals surface area contributed by atoms with Gasteiger partial charge in [0, 0.05) is 36.4 Å². The number of carbonyl (C=O) groups is 1. The van der Waals surface area contributed by atoms with Crippen LogP contribution in [-0.2, 0) is 6.54 Å². The van der Waals surface area contributed by atoms with Crippen molar-refractivity contribution in [2.45, 2.75) is 25.4 Å². The first-order chi connectivity index (χ1) is 13.7. The normalized spacial score (nSPS) is 15.1. The van der Waals surface area contributed by atoms with E-state index in [1.165, 1.54) is 5.56 Å². The maximum atomic E-state index is 12.5. The van der Waals surface area contributed by atoms with Gasteiger partial charge in [0.25, 0.3) is 5.91 Å². The van der Waals surface area contributed by atoms with Gasteiger partial charge in [-0.1, -0.05) is 54.6 Å². The highest BCUT2D eigenvalue weighted by molar-refractivity contribution is 6.04. The summed E-state index contributed by atoms with van der Waals surface area (Å²) in [5.74, 6) is 0.310. The fourth-order valence-corrected chi connectivity index (χ4v) is 3.50. The Morgan fingerprint density at radius 1 is 1.04 bits per heavy atom. The smallest absolute Gasteiger partial charge is 0.287 e. The highest BCUT2D eigenvalue weighted by atomic mass is 16.3. The number of fused-ring (bicyclic) bond motifs is 1. The third-order valence-electron chi connectivity index (χ3n) is 4.89. The fourth-order valence-electron chi connectivity index (χ4n) is 3.50. The van der Waals surface area contributed by atoms with Crippen molar-refractivity contribution in [1.82, 2.24) is 15.5 Å². The predicted octanol–water partition coefficient (Wildman–Crippen LogP) is 3.66. The summed E-state index contributed by atoms with van der Waals surface area (Å²) in [6.45, 7) is 2.97. The lowest BCUT2D eigenvalue weighted by atomic mass is 10.0. The molecule has 3 aromatic rings. The lowest BCUT2D eigenvalue weighted by molar-refractivity contribution is 0.0883. The van der Waals surface area contributed by atoms with Crippen LogP contribution in [0, 0.1) is 0 Å². The molecule has 0 bridgehead atoms. The molecule has 5 nitrogen and oxygen atoms in total. The van der Waals surface area contributed by atoms with Gasteiger partial charge in [-0.3, -0.25) is 9.69 Å². The van der Waals surface area contributed by atoms with Crippen LogP contribution in [0.25, 0.3) is 10.8 Å². The molecule has 0 spiro atoms. The molecule has 1 fully saturated rings. The van der Waals surface area contributed by atoms with Crippen molar-refractivity contribution >= 4 is 16.7 Å². The van der Waals surface area contributed by atoms with Crippen LogP contribution in [0.1, 0.15) is 29.0 Å². The van der Waals surface area contributed by atoms with E-state index in [0.717, 1.165) is 43.2 Å². The van der Waals surface area contributed by atoms with E-state index in [9.17, 15) is 4.79 Å². The minimum Gasteiger partial charge on any atom is -0.458 e. The molecule has 1 aromatic heterocycles. The highest BCUT2D eigenvalue weighted by Gasteiger charge is 2.23. The highest BCUT2D eigenvalue weighted by Crippen LogP contribution is 2.21. The lowest BCUT2D eigenvalue weighted by Crippen LogP contribution is -2.44. The molecule has 0 unspecified atom stereocenters. The Labute approximate surface area is 166 Å². The molecular weight excluding hydrogens is 350 g/mol. The number of nitrogens with one attached hydrogen (secondary N) is 2. The van der Waals surface area contributed by atoms with Gasteiger partial charge in [0.05, 0.1) is 6.26 Å². The van der Waals surface area contributed by atoms with Gasteiger partial charge < -0.3 is 15.1 Å². The van der Waals surface area contributed by atoms with E-state index >= 15 is 0 Å². The van der Waals surface area contributed by atoms with Crippen LogP contribution >= 0.6 is 0 Å². The molecule has 1 saturated heterocycles. The standard InChI is InChI=1S/C21H22N2O2.C2H7N/c24-21(20-19-9-5-4-8-17(19)15-25-20)22-18-10-12-23(13-11-18)14-16-6-2-1-3-7-16;1-3-2/h1-9,15,18H,10-14H2,(H,22,24);3H,1-2H3. The second-order valence-electron chi connectivity index (χ2n) is 7.16. The van der Waals surface area contributed by atoms with Crippen molar-refractivity contribution in [3.8, 4) is 0 Å². The van der Waals surface area contributed by atoms with Crippen molar-refractivity contribution in [2.75, 3.05) is 27.2 Å². The zero-order valence-corrected chi connectivity index (χ0v) is 16.7. The minimum atomic E-state index is -0.109. The van der Waals surface area contributed by atoms with E-state index in [-0.39, 0.29) is 11.9 Å². The molecule has 0 saturated carbocycles. The summed E-state index contributed by atoms with van der Waals surface area (Å²) < 4.78 is 5.50. The number of hydrogen-bond donors (Lipinski definition) is 2. The first-order valence-corrected chi connectivity index (χ1v) is 9.83. The molecule has 1 aliphatic rings. The Bertz CT molecular complexity index is 868. The van der Waals surface area contributed by atoms with E-state index in [1.54, 1.807) is 6.26 Å². The van der Waals surface area contributed by atoms with Gasteiger partial charge in [0.15, 0.2) is 5.76 Å². The third-order valence-corrected chi connectivity index (χ3v) is 4.89. The quantitative estimate of drug-likeness (QED) is 0.726. The molecule has 1 aliphatic heterocycles. The molecule has 2 N–H and O–H groups in total. The van der Waals surface area contributed by atoms with Gasteiger partial charge >= 0.3 is 0 Å². The molecule has 148 valence electrons. The summed E-state index contributed by atoms with van der Waals surface area (Å²) in [7, 11) is 3.75. The van der Waals surface area contributed by atoms with Crippen LogP contribution in [0.3, 0.4) is 0 Å². The van der Waals surface area contributed by atoms with Crippen molar-refractivity contribution in [3.63, 3.8) is 0 Å². The van der Waals surface area contributed by atoms with Crippen molar-refractivity contribution in [1.29, 1.82) is 0 Å². The number of likely N-dealkylation sites (tertiary alicyclic amines) is 1. The Morgan fingerprint density at radius 2 is 1.68 bits per heavy atom. The maximum absolute atomic E-state index is 12.5. The number of piperidine rings is 1. The van der Waals surface area contributed by atoms with Crippen LogP contribution in [-0.4, -0.2) is 44.0 Å². The van der Waals surface area contributed by atoms with Crippen LogP contribution in [0.2, 0.25) is 0 Å². The van der Waals surface area contributed by atoms with Gasteiger partial charge in [-0.2, -0.15) is 0 Å². The van der Waals surface area contributed by atoms with E-state index in [4.69, 9.17) is 4.42 Å². The van der Waals surface area contributed by atoms with Gasteiger partial charge in [0.1, 0.15) is 0 Å². The average molecular weight is 380 g/mol. The predicted molar refractivity (Wildman–Crippen MR) is 113 cm³/mol. The van der Waals surface area contributed by atoms with E-state index in [2.05, 4.69) is 39.8 Å². The molecule has 1 amide bonds. The average Bonchev–Trinajstić information content (AvgIpc) is 3.15. The lowest BCUT2D eigenvalue weighted by Gasteiger charge is -2.32. The van der Waals surface area contributed by atoms with Crippen LogP contribution in [0.4, 0.5) is 0 Å². The summed E-state index contributed by atoms with van der Waals surface area (Å²) in [5.41, 5.74) is 1.34. The summed E-state index contributed by atoms with van der Waals surface area (Å²) in [4.78, 5) is 15.0. The Hall–Kier alpha value is -2.63. The molecule has 5 heteroatoms. The molecule has 2 heterocycles. The van der Waals surface area contributed by atoms with Gasteiger partial charge in [-0.15, -0.1) is 0 Å². The minimum absolute atomic E-state index is 0.109. The monoisotopic (exact) mass is 379 g/mol. The SMILES string of the molecule is CNC.O=C(NC1CCN(Cc2ccccc2)CC1)c1occ2ccccc12. The zero-order valence-electron chi connectivity index (χ0n) is 16.7. The summed E-state index contributed by atoms with van der Waals surface area (Å²) in [6, 6.07) is 18.5. The topological polar surface area (TPSA) is 57.5 Å². The Kier molecular flexibility index (Phi) is 7.23. The van der Waals surface area contributed by atoms with Crippen LogP contribution in [0.15, 0.2) is 65.3 Å². The third kappa shape index (κ3) is 5.21. The number of carbonyl (C=O) groups excluding carboxylic acids is 1. The van der Waals surface area contributed by atoms with Crippen LogP contribution in [0.5, 0.6) is 0 Å². The summed E-state index contributed by atoms with van der Waals surface area (Å²) in [5, 5.41) is 7.73. The first kappa shape index (κ1) is 20.1. The van der Waals surface area contributed by atoms with E-state index < -0.39 is 0 Å². The Balaban J connectivity index is 0.000000706. The molecule has 4 rings (SSSR count). The maximum Gasteiger partial charge on any atom is 0.287 e. The van der Waals surface area contributed by atoms with Gasteiger partial charge in [-0.25, -0.2) is 0 Å². The number of benzene rings is 2. The molecule has 0 atom stereocenters. The summed E-state index contributed by atoms with van der Waals surface area (Å²) in [6.07, 6.45) is 3.58. The van der Waals surface area contributed by atoms with Crippen LogP contribution < -0.4 is 10.6 Å². The number of amides is 1. The number of nitrogens with zero attached hydrogens (tertiary/aromatic N) is 1. The van der Waals surface area contributed by atoms with Gasteiger partial charge in [-0.05, 0) is 32.5 Å². The Morgan fingerprint density at radius 3 is 2.39 bits per heavy atom. The first-order valence-electron chi connectivity index (χ1n) is 9.83. The van der Waals surface area contributed by atoms with Crippen molar-refractivity contribution in [3.05, 3.63) is 72.2 Å². The second kappa shape index (κ2) is 10.1.